The van der Waals surface area contributed by atoms with E-state index in [2.05, 4.69) is 20.9 Å². The Morgan fingerprint density at radius 1 is 1.14 bits per heavy atom. The van der Waals surface area contributed by atoms with Crippen molar-refractivity contribution in [2.45, 2.75) is 6.54 Å². The minimum absolute atomic E-state index is 0.246. The van der Waals surface area contributed by atoms with E-state index in [-0.39, 0.29) is 5.82 Å². The van der Waals surface area contributed by atoms with E-state index >= 15 is 0 Å². The van der Waals surface area contributed by atoms with E-state index in [1.54, 1.807) is 12.1 Å². The second kappa shape index (κ2) is 7.53. The van der Waals surface area contributed by atoms with Crippen LogP contribution in [0.3, 0.4) is 0 Å². The van der Waals surface area contributed by atoms with Crippen molar-refractivity contribution >= 4 is 5.82 Å². The Kier molecular flexibility index (Phi) is 5.45. The number of pyridine rings is 1. The lowest BCUT2D eigenvalue weighted by molar-refractivity contribution is 0.412. The van der Waals surface area contributed by atoms with Crippen LogP contribution in [0.5, 0.6) is 0 Å². The Balaban J connectivity index is 2.23. The number of nitrogens with zero attached hydrogens (tertiary/aromatic N) is 4. The first kappa shape index (κ1) is 15.9. The Morgan fingerprint density at radius 3 is 2.59 bits per heavy atom. The number of nitriles is 1. The van der Waals surface area contributed by atoms with Crippen molar-refractivity contribution in [1.82, 2.24) is 9.88 Å². The molecule has 0 aliphatic heterocycles. The molecule has 2 rings (SSSR count). The summed E-state index contributed by atoms with van der Waals surface area (Å²) in [5.74, 6) is 0.481. The average Bonchev–Trinajstić information content (AvgIpc) is 2.51. The predicted octanol–water partition coefficient (Wildman–Crippen LogP) is 2.66. The van der Waals surface area contributed by atoms with Gasteiger partial charge in [-0.05, 0) is 43.9 Å². The topological polar surface area (TPSA) is 43.2 Å². The van der Waals surface area contributed by atoms with Crippen molar-refractivity contribution in [3.05, 3.63) is 59.5 Å². The van der Waals surface area contributed by atoms with E-state index in [0.29, 0.717) is 12.2 Å². The molecule has 0 amide bonds. The highest BCUT2D eigenvalue weighted by Crippen LogP contribution is 2.16. The molecule has 0 aliphatic carbocycles. The van der Waals surface area contributed by atoms with E-state index in [1.165, 1.54) is 12.1 Å². The van der Waals surface area contributed by atoms with Gasteiger partial charge in [0.2, 0.25) is 0 Å². The number of anilines is 1. The quantitative estimate of drug-likeness (QED) is 0.822. The molecule has 0 saturated carbocycles. The van der Waals surface area contributed by atoms with Crippen LogP contribution in [0.15, 0.2) is 42.5 Å². The minimum atomic E-state index is -0.246. The van der Waals surface area contributed by atoms with Crippen LogP contribution in [-0.2, 0) is 6.54 Å². The largest absolute Gasteiger partial charge is 0.351 e. The maximum Gasteiger partial charge on any atom is 0.142 e. The summed E-state index contributed by atoms with van der Waals surface area (Å²) in [5.41, 5.74) is 1.26. The van der Waals surface area contributed by atoms with Gasteiger partial charge in [-0.1, -0.05) is 18.2 Å². The summed E-state index contributed by atoms with van der Waals surface area (Å²) < 4.78 is 13.4. The zero-order chi connectivity index (χ0) is 15.9. The van der Waals surface area contributed by atoms with Crippen LogP contribution in [-0.4, -0.2) is 37.1 Å². The van der Waals surface area contributed by atoms with Crippen molar-refractivity contribution in [1.29, 1.82) is 5.26 Å². The molecule has 0 aliphatic rings. The molecule has 0 N–H and O–H groups in total. The molecule has 4 nitrogen and oxygen atoms in total. The summed E-state index contributed by atoms with van der Waals surface area (Å²) in [7, 11) is 4.00. The van der Waals surface area contributed by atoms with Crippen LogP contribution < -0.4 is 4.90 Å². The molecular formula is C17H19FN4. The molecule has 0 unspecified atom stereocenters. The van der Waals surface area contributed by atoms with E-state index in [0.717, 1.165) is 24.5 Å². The van der Waals surface area contributed by atoms with Gasteiger partial charge in [-0.25, -0.2) is 9.37 Å². The highest BCUT2D eigenvalue weighted by atomic mass is 19.1. The molecule has 1 aromatic carbocycles. The van der Waals surface area contributed by atoms with Gasteiger partial charge in [0.05, 0.1) is 0 Å². The van der Waals surface area contributed by atoms with E-state index in [4.69, 9.17) is 5.26 Å². The van der Waals surface area contributed by atoms with Gasteiger partial charge >= 0.3 is 0 Å². The molecule has 0 saturated heterocycles. The van der Waals surface area contributed by atoms with Crippen LogP contribution >= 0.6 is 0 Å². The standard InChI is InChI=1S/C17H19FN4/c1-21(2)9-10-22(13-14-5-3-6-15(18)11-14)17-8-4-7-16(12-19)20-17/h3-8,11H,9-10,13H2,1-2H3. The Morgan fingerprint density at radius 2 is 1.91 bits per heavy atom. The van der Waals surface area contributed by atoms with Crippen molar-refractivity contribution < 1.29 is 4.39 Å². The van der Waals surface area contributed by atoms with Crippen LogP contribution in [0.25, 0.3) is 0 Å². The number of halogens is 1. The number of hydrogen-bond donors (Lipinski definition) is 0. The van der Waals surface area contributed by atoms with E-state index < -0.39 is 0 Å². The van der Waals surface area contributed by atoms with Gasteiger partial charge in [-0.15, -0.1) is 0 Å². The van der Waals surface area contributed by atoms with Crippen molar-refractivity contribution in [3.8, 4) is 6.07 Å². The minimum Gasteiger partial charge on any atom is -0.351 e. The summed E-state index contributed by atoms with van der Waals surface area (Å²) in [6.07, 6.45) is 0. The van der Waals surface area contributed by atoms with Gasteiger partial charge in [0.25, 0.3) is 0 Å². The Labute approximate surface area is 130 Å². The Hall–Kier alpha value is -2.45. The number of aromatic nitrogens is 1. The van der Waals surface area contributed by atoms with E-state index in [9.17, 15) is 4.39 Å². The lowest BCUT2D eigenvalue weighted by Crippen LogP contribution is -2.32. The molecule has 0 bridgehead atoms. The lowest BCUT2D eigenvalue weighted by Gasteiger charge is -2.25. The SMILES string of the molecule is CN(C)CCN(Cc1cccc(F)c1)c1cccc(C#N)n1. The fraction of sp³-hybridized carbons (Fsp3) is 0.294. The summed E-state index contributed by atoms with van der Waals surface area (Å²) in [6, 6.07) is 14.0. The van der Waals surface area contributed by atoms with Crippen molar-refractivity contribution in [3.63, 3.8) is 0 Å². The van der Waals surface area contributed by atoms with Gasteiger partial charge in [0.15, 0.2) is 0 Å². The molecule has 22 heavy (non-hydrogen) atoms. The maximum atomic E-state index is 13.4. The average molecular weight is 298 g/mol. The fourth-order valence-corrected chi connectivity index (χ4v) is 2.11. The molecule has 114 valence electrons. The number of rotatable bonds is 6. The molecule has 0 fully saturated rings. The molecule has 1 heterocycles. The second-order valence-corrected chi connectivity index (χ2v) is 5.35. The summed E-state index contributed by atoms with van der Waals surface area (Å²) in [6.45, 7) is 2.13. The van der Waals surface area contributed by atoms with Gasteiger partial charge < -0.3 is 9.80 Å². The van der Waals surface area contributed by atoms with Gasteiger partial charge in [0.1, 0.15) is 23.4 Å². The maximum absolute atomic E-state index is 13.4. The lowest BCUT2D eigenvalue weighted by atomic mass is 10.2. The van der Waals surface area contributed by atoms with Crippen LogP contribution in [0.4, 0.5) is 10.2 Å². The monoisotopic (exact) mass is 298 g/mol. The molecule has 2 aromatic rings. The molecular weight excluding hydrogens is 279 g/mol. The van der Waals surface area contributed by atoms with Crippen molar-refractivity contribution in [2.24, 2.45) is 0 Å². The van der Waals surface area contributed by atoms with Crippen LogP contribution in [0.1, 0.15) is 11.3 Å². The number of benzene rings is 1. The summed E-state index contributed by atoms with van der Waals surface area (Å²) in [4.78, 5) is 8.47. The molecule has 0 atom stereocenters. The highest BCUT2D eigenvalue weighted by molar-refractivity contribution is 5.42. The van der Waals surface area contributed by atoms with Gasteiger partial charge in [-0.2, -0.15) is 5.26 Å². The first-order chi connectivity index (χ1) is 10.6. The van der Waals surface area contributed by atoms with Gasteiger partial charge in [0, 0.05) is 19.6 Å². The normalized spacial score (nSPS) is 10.5. The zero-order valence-corrected chi connectivity index (χ0v) is 12.8. The molecule has 0 spiro atoms. The highest BCUT2D eigenvalue weighted by Gasteiger charge is 2.10. The van der Waals surface area contributed by atoms with Crippen molar-refractivity contribution in [2.75, 3.05) is 32.1 Å². The first-order valence-electron chi connectivity index (χ1n) is 7.10. The fourth-order valence-electron chi connectivity index (χ4n) is 2.11. The third kappa shape index (κ3) is 4.54. The van der Waals surface area contributed by atoms with Crippen LogP contribution in [0.2, 0.25) is 0 Å². The third-order valence-corrected chi connectivity index (χ3v) is 3.25. The van der Waals surface area contributed by atoms with Crippen LogP contribution in [0, 0.1) is 17.1 Å². The smallest absolute Gasteiger partial charge is 0.142 e. The third-order valence-electron chi connectivity index (χ3n) is 3.25. The molecule has 0 radical (unpaired) electrons. The number of likely N-dealkylation sites (N-methyl/N-ethyl adjacent to an activating group) is 1. The number of hydrogen-bond acceptors (Lipinski definition) is 4. The molecule has 5 heteroatoms. The second-order valence-electron chi connectivity index (χ2n) is 5.35. The predicted molar refractivity (Wildman–Crippen MR) is 85.0 cm³/mol. The first-order valence-corrected chi connectivity index (χ1v) is 7.10. The van der Waals surface area contributed by atoms with Gasteiger partial charge in [-0.3, -0.25) is 0 Å². The molecule has 1 aromatic heterocycles. The Bertz CT molecular complexity index is 664. The zero-order valence-electron chi connectivity index (χ0n) is 12.8. The van der Waals surface area contributed by atoms with E-state index in [1.807, 2.05) is 32.3 Å². The summed E-state index contributed by atoms with van der Waals surface area (Å²) in [5, 5.41) is 9.00. The summed E-state index contributed by atoms with van der Waals surface area (Å²) >= 11 is 0.